The fraction of sp³-hybridized carbons (Fsp3) is 0.250. The van der Waals surface area contributed by atoms with Gasteiger partial charge in [-0.05, 0) is 24.1 Å². The quantitative estimate of drug-likeness (QED) is 0.752. The van der Waals surface area contributed by atoms with Crippen LogP contribution in [0.25, 0.3) is 0 Å². The van der Waals surface area contributed by atoms with E-state index < -0.39 is 22.7 Å². The van der Waals surface area contributed by atoms with E-state index in [1.54, 1.807) is 6.92 Å². The first-order valence-corrected chi connectivity index (χ1v) is 4.75. The van der Waals surface area contributed by atoms with Gasteiger partial charge < -0.3 is 4.55 Å². The van der Waals surface area contributed by atoms with Gasteiger partial charge in [0.2, 0.25) is 0 Å². The van der Waals surface area contributed by atoms with E-state index in [9.17, 15) is 13.0 Å². The lowest BCUT2D eigenvalue weighted by molar-refractivity contribution is 0.501. The molecule has 1 aromatic carbocycles. The third-order valence-corrected chi connectivity index (χ3v) is 2.43. The second kappa shape index (κ2) is 3.93. The van der Waals surface area contributed by atoms with Gasteiger partial charge in [0.05, 0.1) is 4.90 Å². The number of halogens is 2. The topological polar surface area (TPSA) is 37.3 Å². The third-order valence-electron chi connectivity index (χ3n) is 1.67. The minimum atomic E-state index is -2.27. The molecule has 0 aliphatic carbocycles. The molecule has 0 bridgehead atoms. The van der Waals surface area contributed by atoms with Crippen LogP contribution in [0, 0.1) is 11.6 Å². The molecule has 0 amide bonds. The van der Waals surface area contributed by atoms with Gasteiger partial charge in [0, 0.05) is 0 Å². The van der Waals surface area contributed by atoms with Crippen molar-refractivity contribution in [3.8, 4) is 0 Å². The summed E-state index contributed by atoms with van der Waals surface area (Å²) in [5, 5.41) is 0. The number of rotatable bonds is 2. The minimum Gasteiger partial charge on any atom is -0.302 e. The molecule has 0 heterocycles. The predicted molar refractivity (Wildman–Crippen MR) is 44.8 cm³/mol. The first kappa shape index (κ1) is 10.3. The Morgan fingerprint density at radius 3 is 2.38 bits per heavy atom. The fourth-order valence-electron chi connectivity index (χ4n) is 1.01. The Morgan fingerprint density at radius 1 is 1.38 bits per heavy atom. The first-order valence-electron chi connectivity index (χ1n) is 3.65. The van der Waals surface area contributed by atoms with Gasteiger partial charge in [-0.3, -0.25) is 0 Å². The van der Waals surface area contributed by atoms with E-state index in [0.717, 1.165) is 12.1 Å². The lowest BCUT2D eigenvalue weighted by atomic mass is 10.1. The monoisotopic (exact) mass is 206 g/mol. The molecule has 0 aromatic heterocycles. The normalized spacial score (nSPS) is 12.9. The minimum absolute atomic E-state index is 0.0681. The van der Waals surface area contributed by atoms with E-state index in [-0.39, 0.29) is 4.90 Å². The molecule has 5 heteroatoms. The summed E-state index contributed by atoms with van der Waals surface area (Å²) in [6, 6.07) is 1.70. The highest BCUT2D eigenvalue weighted by atomic mass is 32.2. The summed E-state index contributed by atoms with van der Waals surface area (Å²) in [5.74, 6) is -2.10. The van der Waals surface area contributed by atoms with Gasteiger partial charge in [-0.15, -0.1) is 0 Å². The maximum absolute atomic E-state index is 12.7. The lowest BCUT2D eigenvalue weighted by Gasteiger charge is -2.03. The second-order valence-corrected chi connectivity index (χ2v) is 3.41. The predicted octanol–water partition coefficient (Wildman–Crippen LogP) is 2.11. The summed E-state index contributed by atoms with van der Waals surface area (Å²) >= 11 is -2.27. The van der Waals surface area contributed by atoms with Crippen molar-refractivity contribution in [3.05, 3.63) is 29.3 Å². The Hall–Kier alpha value is -0.810. The second-order valence-electron chi connectivity index (χ2n) is 2.48. The van der Waals surface area contributed by atoms with Gasteiger partial charge in [0.25, 0.3) is 0 Å². The van der Waals surface area contributed by atoms with Crippen LogP contribution in [-0.2, 0) is 17.5 Å². The molecule has 13 heavy (non-hydrogen) atoms. The molecule has 0 fully saturated rings. The van der Waals surface area contributed by atoms with Crippen molar-refractivity contribution in [2.24, 2.45) is 0 Å². The molecular formula is C8H8F2O2S. The molecule has 0 saturated heterocycles. The number of hydrogen-bond donors (Lipinski definition) is 1. The highest BCUT2D eigenvalue weighted by molar-refractivity contribution is 7.79. The van der Waals surface area contributed by atoms with Crippen molar-refractivity contribution in [1.82, 2.24) is 0 Å². The highest BCUT2D eigenvalue weighted by Gasteiger charge is 2.12. The molecule has 1 atom stereocenters. The van der Waals surface area contributed by atoms with Gasteiger partial charge in [0.15, 0.2) is 22.7 Å². The van der Waals surface area contributed by atoms with Crippen LogP contribution in [0.4, 0.5) is 8.78 Å². The van der Waals surface area contributed by atoms with Gasteiger partial charge in [-0.1, -0.05) is 6.92 Å². The van der Waals surface area contributed by atoms with Gasteiger partial charge in [-0.25, -0.2) is 13.0 Å². The van der Waals surface area contributed by atoms with Crippen molar-refractivity contribution >= 4 is 11.1 Å². The van der Waals surface area contributed by atoms with E-state index in [1.165, 1.54) is 0 Å². The van der Waals surface area contributed by atoms with Crippen LogP contribution in [-0.4, -0.2) is 8.76 Å². The first-order chi connectivity index (χ1) is 6.06. The highest BCUT2D eigenvalue weighted by Crippen LogP contribution is 2.18. The molecule has 1 rings (SSSR count). The fourth-order valence-corrected chi connectivity index (χ4v) is 1.64. The average molecular weight is 206 g/mol. The standard InChI is InChI=1S/C8H8F2O2S/c1-2-5-3-6(9)7(10)4-8(5)13(11)12/h3-4H,2H2,1H3,(H,11,12). The number of aryl methyl sites for hydroxylation is 1. The van der Waals surface area contributed by atoms with Crippen molar-refractivity contribution in [3.63, 3.8) is 0 Å². The molecular weight excluding hydrogens is 198 g/mol. The molecule has 0 spiro atoms. The lowest BCUT2D eigenvalue weighted by Crippen LogP contribution is -1.98. The van der Waals surface area contributed by atoms with Crippen molar-refractivity contribution in [2.75, 3.05) is 0 Å². The van der Waals surface area contributed by atoms with Gasteiger partial charge in [-0.2, -0.15) is 0 Å². The molecule has 1 aromatic rings. The van der Waals surface area contributed by atoms with Crippen LogP contribution < -0.4 is 0 Å². The number of hydrogen-bond acceptors (Lipinski definition) is 1. The molecule has 0 radical (unpaired) electrons. The largest absolute Gasteiger partial charge is 0.302 e. The van der Waals surface area contributed by atoms with Gasteiger partial charge in [0.1, 0.15) is 0 Å². The Kier molecular flexibility index (Phi) is 3.11. The Labute approximate surface area is 76.9 Å². The zero-order valence-electron chi connectivity index (χ0n) is 6.88. The van der Waals surface area contributed by atoms with Crippen LogP contribution in [0.3, 0.4) is 0 Å². The summed E-state index contributed by atoms with van der Waals surface area (Å²) in [7, 11) is 0. The van der Waals surface area contributed by atoms with Crippen molar-refractivity contribution in [2.45, 2.75) is 18.2 Å². The Bertz CT molecular complexity index is 352. The maximum Gasteiger partial charge on any atom is 0.186 e. The van der Waals surface area contributed by atoms with Crippen LogP contribution in [0.15, 0.2) is 17.0 Å². The summed E-state index contributed by atoms with van der Waals surface area (Å²) in [6.45, 7) is 1.70. The van der Waals surface area contributed by atoms with E-state index in [0.29, 0.717) is 12.0 Å². The molecule has 0 saturated carbocycles. The van der Waals surface area contributed by atoms with Gasteiger partial charge >= 0.3 is 0 Å². The van der Waals surface area contributed by atoms with Crippen molar-refractivity contribution < 1.29 is 17.5 Å². The summed E-state index contributed by atoms with van der Waals surface area (Å²) in [6.07, 6.45) is 0.388. The van der Waals surface area contributed by atoms with Crippen LogP contribution in [0.2, 0.25) is 0 Å². The van der Waals surface area contributed by atoms with Crippen LogP contribution in [0.1, 0.15) is 12.5 Å². The summed E-state index contributed by atoms with van der Waals surface area (Å²) < 4.78 is 44.7. The summed E-state index contributed by atoms with van der Waals surface area (Å²) in [4.78, 5) is -0.0681. The van der Waals surface area contributed by atoms with E-state index in [4.69, 9.17) is 4.55 Å². The molecule has 2 nitrogen and oxygen atoms in total. The third kappa shape index (κ3) is 2.10. The van der Waals surface area contributed by atoms with E-state index in [2.05, 4.69) is 0 Å². The van der Waals surface area contributed by atoms with Crippen molar-refractivity contribution in [1.29, 1.82) is 0 Å². The number of benzene rings is 1. The summed E-state index contributed by atoms with van der Waals surface area (Å²) in [5.41, 5.74) is 0.347. The smallest absolute Gasteiger partial charge is 0.186 e. The van der Waals surface area contributed by atoms with E-state index in [1.807, 2.05) is 0 Å². The SMILES string of the molecule is CCc1cc(F)c(F)cc1S(=O)O. The van der Waals surface area contributed by atoms with E-state index >= 15 is 0 Å². The molecule has 72 valence electrons. The molecule has 1 N–H and O–H groups in total. The average Bonchev–Trinajstić information content (AvgIpc) is 2.08. The Morgan fingerprint density at radius 2 is 1.92 bits per heavy atom. The van der Waals surface area contributed by atoms with Crippen LogP contribution in [0.5, 0.6) is 0 Å². The molecule has 0 aliphatic heterocycles. The zero-order chi connectivity index (χ0) is 10.0. The van der Waals surface area contributed by atoms with Crippen LogP contribution >= 0.6 is 0 Å². The molecule has 0 aliphatic rings. The maximum atomic E-state index is 12.7. The Balaban J connectivity index is 3.33. The zero-order valence-corrected chi connectivity index (χ0v) is 7.70. The molecule has 1 unspecified atom stereocenters.